The third-order valence-electron chi connectivity index (χ3n) is 6.69. The van der Waals surface area contributed by atoms with E-state index in [4.69, 9.17) is 21.1 Å². The lowest BCUT2D eigenvalue weighted by Crippen LogP contribution is -2.54. The third kappa shape index (κ3) is 5.70. The first-order valence-corrected chi connectivity index (χ1v) is 12.6. The molecular weight excluding hydrogens is 476 g/mol. The van der Waals surface area contributed by atoms with Crippen molar-refractivity contribution in [3.8, 4) is 5.75 Å². The van der Waals surface area contributed by atoms with E-state index in [1.54, 1.807) is 23.1 Å². The van der Waals surface area contributed by atoms with E-state index in [1.807, 2.05) is 19.2 Å². The average molecular weight is 513 g/mol. The predicted molar refractivity (Wildman–Crippen MR) is 145 cm³/mol. The van der Waals surface area contributed by atoms with Gasteiger partial charge in [0.05, 0.1) is 25.4 Å². The minimum absolute atomic E-state index is 0.133. The van der Waals surface area contributed by atoms with E-state index in [0.717, 1.165) is 29.5 Å². The van der Waals surface area contributed by atoms with Crippen molar-refractivity contribution >= 4 is 29.3 Å². The Kier molecular flexibility index (Phi) is 8.09. The van der Waals surface area contributed by atoms with Crippen LogP contribution in [0.2, 0.25) is 5.02 Å². The molecule has 0 aromatic heterocycles. The number of benzene rings is 2. The van der Waals surface area contributed by atoms with Gasteiger partial charge in [-0.3, -0.25) is 4.90 Å². The maximum Gasteiger partial charge on any atom is 0.341 e. The average Bonchev–Trinajstić information content (AvgIpc) is 2.81. The maximum atomic E-state index is 13.4. The number of nitrogens with zero attached hydrogens (tertiary/aromatic N) is 1. The zero-order chi connectivity index (χ0) is 26.8. The van der Waals surface area contributed by atoms with E-state index in [9.17, 15) is 9.59 Å². The first kappa shape index (κ1) is 27.6. The van der Waals surface area contributed by atoms with Gasteiger partial charge in [-0.2, -0.15) is 0 Å². The van der Waals surface area contributed by atoms with Crippen LogP contribution in [0, 0.1) is 11.3 Å². The summed E-state index contributed by atoms with van der Waals surface area (Å²) in [6.07, 6.45) is 3.80. The molecule has 1 N–H and O–H groups in total. The highest BCUT2D eigenvalue weighted by atomic mass is 35.5. The second-order valence-electron chi connectivity index (χ2n) is 10.9. The molecule has 0 bridgehead atoms. The molecule has 1 unspecified atom stereocenters. The molecule has 0 radical (unpaired) electrons. The second kappa shape index (κ2) is 10.6. The summed E-state index contributed by atoms with van der Waals surface area (Å²) in [4.78, 5) is 27.0. The topological polar surface area (TPSA) is 67.9 Å². The van der Waals surface area contributed by atoms with Crippen LogP contribution in [0.1, 0.15) is 69.4 Å². The lowest BCUT2D eigenvalue weighted by molar-refractivity contribution is 0.0597. The van der Waals surface area contributed by atoms with Gasteiger partial charge in [0.1, 0.15) is 11.3 Å². The van der Waals surface area contributed by atoms with E-state index in [0.29, 0.717) is 22.0 Å². The second-order valence-corrected chi connectivity index (χ2v) is 11.3. The number of anilines is 1. The molecule has 0 aliphatic carbocycles. The molecule has 2 aromatic carbocycles. The number of aryl methyl sites for hydroxylation is 1. The number of urea groups is 1. The Bertz CT molecular complexity index is 1180. The summed E-state index contributed by atoms with van der Waals surface area (Å²) in [5.74, 6) is -0.0402. The van der Waals surface area contributed by atoms with Crippen molar-refractivity contribution in [3.05, 3.63) is 69.9 Å². The summed E-state index contributed by atoms with van der Waals surface area (Å²) < 4.78 is 10.2. The molecule has 1 heterocycles. The summed E-state index contributed by atoms with van der Waals surface area (Å²) in [5.41, 5.74) is 3.42. The van der Waals surface area contributed by atoms with Gasteiger partial charge < -0.3 is 14.8 Å². The highest BCUT2D eigenvalue weighted by Gasteiger charge is 2.40. The molecule has 0 saturated heterocycles. The molecule has 0 saturated carbocycles. The summed E-state index contributed by atoms with van der Waals surface area (Å²) in [5, 5.41) is 3.91. The number of hydrogen-bond donors (Lipinski definition) is 1. The standard InChI is InChI=1S/C29H37ClN2O4/c1-18(2)23-17-32(21-11-12-22(26(33)36-8)25(16-21)35-7)27(34)31-29(23,6)20-10-9-19(24(30)15-20)13-14-28(3,4)5/h9-12,15-18H,13-14H2,1-8H3,(H,31,34). The van der Waals surface area contributed by atoms with Crippen LogP contribution in [0.15, 0.2) is 48.2 Å². The Morgan fingerprint density at radius 3 is 2.39 bits per heavy atom. The van der Waals surface area contributed by atoms with Crippen LogP contribution in [0.3, 0.4) is 0 Å². The Morgan fingerprint density at radius 1 is 1.14 bits per heavy atom. The number of carbonyl (C=O) groups is 2. The molecule has 1 aliphatic rings. The van der Waals surface area contributed by atoms with E-state index in [2.05, 4.69) is 52.1 Å². The highest BCUT2D eigenvalue weighted by molar-refractivity contribution is 6.31. The number of rotatable bonds is 7. The fraction of sp³-hybridized carbons (Fsp3) is 0.448. The summed E-state index contributed by atoms with van der Waals surface area (Å²) in [6, 6.07) is 10.8. The Hall–Kier alpha value is -2.99. The van der Waals surface area contributed by atoms with Crippen molar-refractivity contribution in [3.63, 3.8) is 0 Å². The fourth-order valence-electron chi connectivity index (χ4n) is 4.51. The first-order valence-electron chi connectivity index (χ1n) is 12.2. The van der Waals surface area contributed by atoms with Crippen molar-refractivity contribution in [1.29, 1.82) is 0 Å². The lowest BCUT2D eigenvalue weighted by atomic mass is 9.78. The minimum atomic E-state index is -0.732. The maximum absolute atomic E-state index is 13.4. The number of halogens is 1. The van der Waals surface area contributed by atoms with Crippen molar-refractivity contribution in [2.75, 3.05) is 19.1 Å². The van der Waals surface area contributed by atoms with Crippen LogP contribution >= 0.6 is 11.6 Å². The van der Waals surface area contributed by atoms with Crippen LogP contribution in [-0.2, 0) is 16.7 Å². The van der Waals surface area contributed by atoms with Crippen LogP contribution < -0.4 is 15.0 Å². The molecule has 6 nitrogen and oxygen atoms in total. The van der Waals surface area contributed by atoms with Gasteiger partial charge in [0, 0.05) is 17.3 Å². The molecule has 7 heteroatoms. The molecule has 0 spiro atoms. The van der Waals surface area contributed by atoms with E-state index < -0.39 is 11.5 Å². The van der Waals surface area contributed by atoms with Gasteiger partial charge in [-0.1, -0.05) is 58.4 Å². The first-order chi connectivity index (χ1) is 16.8. The molecule has 2 aromatic rings. The summed E-state index contributed by atoms with van der Waals surface area (Å²) in [6.45, 7) is 12.9. The number of amides is 2. The zero-order valence-electron chi connectivity index (χ0n) is 22.5. The fourth-order valence-corrected chi connectivity index (χ4v) is 4.78. The Balaban J connectivity index is 2.01. The molecular formula is C29H37ClN2O4. The number of ether oxygens (including phenoxy) is 2. The molecule has 1 aliphatic heterocycles. The largest absolute Gasteiger partial charge is 0.496 e. The minimum Gasteiger partial charge on any atom is -0.496 e. The predicted octanol–water partition coefficient (Wildman–Crippen LogP) is 7.10. The van der Waals surface area contributed by atoms with Gasteiger partial charge in [-0.25, -0.2) is 9.59 Å². The molecule has 1 atom stereocenters. The van der Waals surface area contributed by atoms with Crippen LogP contribution in [-0.4, -0.2) is 26.2 Å². The molecule has 0 fully saturated rings. The normalized spacial score (nSPS) is 18.1. The van der Waals surface area contributed by atoms with Gasteiger partial charge in [-0.05, 0) is 66.0 Å². The van der Waals surface area contributed by atoms with E-state index in [1.165, 1.54) is 14.2 Å². The third-order valence-corrected chi connectivity index (χ3v) is 7.04. The monoisotopic (exact) mass is 512 g/mol. The molecule has 2 amide bonds. The SMILES string of the molecule is COC(=O)c1ccc(N2C=C(C(C)C)C(C)(c3ccc(CCC(C)(C)C)c(Cl)c3)NC2=O)cc1OC. The Morgan fingerprint density at radius 2 is 1.83 bits per heavy atom. The zero-order valence-corrected chi connectivity index (χ0v) is 23.2. The van der Waals surface area contributed by atoms with Crippen LogP contribution in [0.5, 0.6) is 5.75 Å². The van der Waals surface area contributed by atoms with Gasteiger partial charge >= 0.3 is 12.0 Å². The van der Waals surface area contributed by atoms with Crippen molar-refractivity contribution < 1.29 is 19.1 Å². The van der Waals surface area contributed by atoms with Crippen molar-refractivity contribution in [2.45, 2.75) is 59.9 Å². The summed E-state index contributed by atoms with van der Waals surface area (Å²) in [7, 11) is 2.79. The highest BCUT2D eigenvalue weighted by Crippen LogP contribution is 2.40. The van der Waals surface area contributed by atoms with Crippen molar-refractivity contribution in [2.24, 2.45) is 11.3 Å². The number of carbonyl (C=O) groups excluding carboxylic acids is 2. The van der Waals surface area contributed by atoms with Crippen LogP contribution in [0.4, 0.5) is 10.5 Å². The number of methoxy groups -OCH3 is 2. The number of nitrogens with one attached hydrogen (secondary N) is 1. The van der Waals surface area contributed by atoms with Gasteiger partial charge in [0.25, 0.3) is 0 Å². The van der Waals surface area contributed by atoms with Gasteiger partial charge in [0.2, 0.25) is 0 Å². The number of esters is 1. The van der Waals surface area contributed by atoms with E-state index >= 15 is 0 Å². The summed E-state index contributed by atoms with van der Waals surface area (Å²) >= 11 is 6.72. The van der Waals surface area contributed by atoms with E-state index in [-0.39, 0.29) is 17.4 Å². The molecule has 3 rings (SSSR count). The lowest BCUT2D eigenvalue weighted by Gasteiger charge is -2.42. The van der Waals surface area contributed by atoms with Crippen molar-refractivity contribution in [1.82, 2.24) is 5.32 Å². The van der Waals surface area contributed by atoms with Crippen LogP contribution in [0.25, 0.3) is 0 Å². The van der Waals surface area contributed by atoms with Gasteiger partial charge in [-0.15, -0.1) is 0 Å². The molecule has 194 valence electrons. The quantitative estimate of drug-likeness (QED) is 0.402. The smallest absolute Gasteiger partial charge is 0.341 e. The number of hydrogen-bond acceptors (Lipinski definition) is 4. The molecule has 36 heavy (non-hydrogen) atoms. The van der Waals surface area contributed by atoms with Gasteiger partial charge in [0.15, 0.2) is 0 Å². The Labute approximate surface area is 219 Å².